The molecule has 1 aromatic heterocycles. The maximum Gasteiger partial charge on any atom is 0.329 e. The number of allylic oxidation sites excluding steroid dienone is 1. The van der Waals surface area contributed by atoms with Crippen LogP contribution in [-0.4, -0.2) is 107 Å². The van der Waals surface area contributed by atoms with E-state index in [1.54, 1.807) is 30.0 Å². The molecule has 5 heterocycles. The lowest BCUT2D eigenvalue weighted by atomic mass is 9.91. The molecule has 4 aliphatic rings. The maximum atomic E-state index is 14.5. The molecule has 2 aromatic carbocycles. The number of hydrogen-bond donors (Lipinski definition) is 6. The lowest BCUT2D eigenvalue weighted by Crippen LogP contribution is -2.48. The highest BCUT2D eigenvalue weighted by molar-refractivity contribution is 6.11. The average Bonchev–Trinajstić information content (AvgIpc) is 3.55. The molecule has 0 aliphatic carbocycles. The third-order valence-electron chi connectivity index (χ3n) is 13.5. The smallest absolute Gasteiger partial charge is 0.329 e. The zero-order chi connectivity index (χ0) is 47.1. The number of benzene rings is 2. The van der Waals surface area contributed by atoms with E-state index in [9.17, 15) is 38.2 Å². The molecule has 3 aromatic rings. The number of rotatable bonds is 17. The van der Waals surface area contributed by atoms with Gasteiger partial charge in [0.05, 0.1) is 17.6 Å². The minimum Gasteiger partial charge on any atom is -0.393 e. The van der Waals surface area contributed by atoms with Crippen LogP contribution in [0.5, 0.6) is 0 Å². The summed E-state index contributed by atoms with van der Waals surface area (Å²) in [4.78, 5) is 68.5. The van der Waals surface area contributed by atoms with Gasteiger partial charge in [0.2, 0.25) is 23.6 Å². The fourth-order valence-corrected chi connectivity index (χ4v) is 9.78. The first kappa shape index (κ1) is 47.6. The molecule has 2 fully saturated rings. The van der Waals surface area contributed by atoms with Crippen molar-refractivity contribution >= 4 is 63.7 Å². The predicted octanol–water partition coefficient (Wildman–Crippen LogP) is 5.73. The minimum atomic E-state index is -2.78. The lowest BCUT2D eigenvalue weighted by molar-refractivity contribution is -0.136. The third kappa shape index (κ3) is 10.5. The van der Waals surface area contributed by atoms with Crippen molar-refractivity contribution in [1.82, 2.24) is 34.9 Å². The largest absolute Gasteiger partial charge is 0.393 e. The van der Waals surface area contributed by atoms with Crippen molar-refractivity contribution in [3.63, 3.8) is 0 Å². The summed E-state index contributed by atoms with van der Waals surface area (Å²) in [5, 5.41) is 29.7. The monoisotopic (exact) mass is 911 g/mol. The fraction of sp³-hybridized carbons (Fsp3) is 0.521. The predicted molar refractivity (Wildman–Crippen MR) is 252 cm³/mol. The van der Waals surface area contributed by atoms with Crippen LogP contribution in [0.3, 0.4) is 0 Å². The van der Waals surface area contributed by atoms with Gasteiger partial charge in [0.15, 0.2) is 0 Å². The fourth-order valence-electron chi connectivity index (χ4n) is 9.78. The SMILES string of the molecule is CN/C=C(\C=N)c1cc2c(cc1C(F)F)N(C(=N)C1=C(NC3CCN(C(=O)CCCCCCCNc4ccc5c(c4)n(C)c(=O)n5C4CCC(=O)NC4=O)CC3)CCN(C(C)=O)C1)CCC2. The number of nitrogens with zero attached hydrogens (tertiary/aromatic N) is 5. The Morgan fingerprint density at radius 1 is 0.924 bits per heavy atom. The number of imidazole rings is 1. The zero-order valence-electron chi connectivity index (χ0n) is 38.2. The second kappa shape index (κ2) is 21.3. The number of aryl methyl sites for hydroxylation is 2. The van der Waals surface area contributed by atoms with E-state index in [0.29, 0.717) is 85.3 Å². The average molecular weight is 912 g/mol. The van der Waals surface area contributed by atoms with Gasteiger partial charge in [0.1, 0.15) is 11.9 Å². The van der Waals surface area contributed by atoms with E-state index >= 15 is 0 Å². The van der Waals surface area contributed by atoms with Crippen molar-refractivity contribution in [3.05, 3.63) is 75.0 Å². The summed E-state index contributed by atoms with van der Waals surface area (Å²) in [5.74, 6) is -0.526. The van der Waals surface area contributed by atoms with Gasteiger partial charge >= 0.3 is 5.69 Å². The topological polar surface area (TPSA) is 201 Å². The Kier molecular flexibility index (Phi) is 15.4. The Bertz CT molecular complexity index is 2480. The summed E-state index contributed by atoms with van der Waals surface area (Å²) in [6, 6.07) is 8.19. The van der Waals surface area contributed by atoms with Crippen molar-refractivity contribution in [2.75, 3.05) is 56.5 Å². The molecule has 16 nitrogen and oxygen atoms in total. The number of carbonyl (C=O) groups excluding carboxylic acids is 4. The summed E-state index contributed by atoms with van der Waals surface area (Å²) in [6.07, 6.45) is 8.92. The number of hydrogen-bond acceptors (Lipinski definition) is 10. The highest BCUT2D eigenvalue weighted by Gasteiger charge is 2.34. The van der Waals surface area contributed by atoms with Gasteiger partial charge in [0.25, 0.3) is 6.43 Å². The molecule has 1 unspecified atom stereocenters. The van der Waals surface area contributed by atoms with Gasteiger partial charge in [-0.1, -0.05) is 19.3 Å². The summed E-state index contributed by atoms with van der Waals surface area (Å²) in [5.41, 5.74) is 5.32. The molecule has 7 rings (SSSR count). The van der Waals surface area contributed by atoms with Crippen molar-refractivity contribution in [3.8, 4) is 0 Å². The summed E-state index contributed by atoms with van der Waals surface area (Å²) in [6.45, 7) is 4.74. The van der Waals surface area contributed by atoms with Gasteiger partial charge in [-0.3, -0.25) is 39.0 Å². The Balaban J connectivity index is 0.871. The molecule has 354 valence electrons. The number of amides is 4. The third-order valence-corrected chi connectivity index (χ3v) is 13.5. The number of carbonyl (C=O) groups is 4. The molecule has 4 aliphatic heterocycles. The number of aromatic nitrogens is 2. The Morgan fingerprint density at radius 2 is 1.68 bits per heavy atom. The number of fused-ring (bicyclic) bond motifs is 2. The van der Waals surface area contributed by atoms with Crippen molar-refractivity contribution in [2.24, 2.45) is 7.05 Å². The van der Waals surface area contributed by atoms with Gasteiger partial charge in [-0.15, -0.1) is 0 Å². The van der Waals surface area contributed by atoms with Gasteiger partial charge in [-0.25, -0.2) is 13.6 Å². The van der Waals surface area contributed by atoms with Crippen LogP contribution >= 0.6 is 0 Å². The number of nitrogens with one attached hydrogen (secondary N) is 6. The van der Waals surface area contributed by atoms with Crippen LogP contribution < -0.4 is 31.9 Å². The van der Waals surface area contributed by atoms with Crippen molar-refractivity contribution in [2.45, 2.75) is 109 Å². The number of alkyl halides is 2. The molecule has 4 amide bonds. The number of unbranched alkanes of at least 4 members (excludes halogenated alkanes) is 4. The van der Waals surface area contributed by atoms with E-state index in [1.165, 1.54) is 28.3 Å². The minimum absolute atomic E-state index is 0.0808. The van der Waals surface area contributed by atoms with Crippen LogP contribution in [0.1, 0.15) is 113 Å². The molecule has 2 saturated heterocycles. The van der Waals surface area contributed by atoms with Gasteiger partial charge in [-0.05, 0) is 86.4 Å². The zero-order valence-corrected chi connectivity index (χ0v) is 38.2. The van der Waals surface area contributed by atoms with E-state index in [4.69, 9.17) is 5.41 Å². The van der Waals surface area contributed by atoms with Crippen LogP contribution in [0.2, 0.25) is 0 Å². The Morgan fingerprint density at radius 3 is 2.39 bits per heavy atom. The first-order valence-corrected chi connectivity index (χ1v) is 23.3. The highest BCUT2D eigenvalue weighted by Crippen LogP contribution is 2.38. The quantitative estimate of drug-likeness (QED) is 0.0424. The number of likely N-dealkylation sites (tertiary alicyclic amines) is 1. The van der Waals surface area contributed by atoms with Crippen LogP contribution in [0.15, 0.2) is 52.6 Å². The standard InChI is InChI=1S/C48H63F2N11O5/c1-30(62)59-23-18-38(37(29-59)46(52)60-20-9-10-31-24-35(32(27-51)28-53-2)36(45(49)50)26-41(31)60)55-33-16-21-58(22-17-33)44(64)11-7-5-4-6-8-19-54-34-12-13-39-42(25-34)57(3)48(66)61(39)40-14-15-43(63)56-47(40)65/h12-13,24-28,33,40,45,51-55H,4-11,14-23,29H2,1-3H3,(H,56,63,65)/b32-28+,51-27?,52-46?. The number of imide groups is 1. The van der Waals surface area contributed by atoms with Gasteiger partial charge in [-0.2, -0.15) is 0 Å². The van der Waals surface area contributed by atoms with E-state index in [1.807, 2.05) is 23.1 Å². The van der Waals surface area contributed by atoms with E-state index in [2.05, 4.69) is 21.3 Å². The van der Waals surface area contributed by atoms with Crippen LogP contribution in [-0.2, 0) is 32.6 Å². The van der Waals surface area contributed by atoms with E-state index in [-0.39, 0.29) is 60.2 Å². The first-order chi connectivity index (χ1) is 31.8. The summed E-state index contributed by atoms with van der Waals surface area (Å²) >= 11 is 0. The van der Waals surface area contributed by atoms with Gasteiger partial charge < -0.3 is 36.1 Å². The number of halogens is 2. The number of amidine groups is 1. The summed E-state index contributed by atoms with van der Waals surface area (Å²) < 4.78 is 32.1. The molecule has 0 bridgehead atoms. The highest BCUT2D eigenvalue weighted by atomic mass is 19.3. The van der Waals surface area contributed by atoms with Crippen molar-refractivity contribution < 1.29 is 28.0 Å². The van der Waals surface area contributed by atoms with Crippen molar-refractivity contribution in [1.29, 1.82) is 10.8 Å². The van der Waals surface area contributed by atoms with Crippen LogP contribution in [0.25, 0.3) is 16.6 Å². The molecule has 6 N–H and O–H groups in total. The molecular formula is C48H63F2N11O5. The molecule has 0 radical (unpaired) electrons. The molecule has 66 heavy (non-hydrogen) atoms. The normalized spacial score (nSPS) is 18.4. The van der Waals surface area contributed by atoms with Crippen LogP contribution in [0, 0.1) is 10.8 Å². The molecular weight excluding hydrogens is 849 g/mol. The number of piperidine rings is 2. The summed E-state index contributed by atoms with van der Waals surface area (Å²) in [7, 11) is 3.34. The van der Waals surface area contributed by atoms with E-state index < -0.39 is 18.4 Å². The number of anilines is 2. The molecule has 0 spiro atoms. The Hall–Kier alpha value is -6.33. The molecule has 0 saturated carbocycles. The lowest BCUT2D eigenvalue weighted by Gasteiger charge is -2.39. The first-order valence-electron chi connectivity index (χ1n) is 23.3. The van der Waals surface area contributed by atoms with Gasteiger partial charge in [0, 0.05) is 125 Å². The van der Waals surface area contributed by atoms with Crippen LogP contribution in [0.4, 0.5) is 20.2 Å². The second-order valence-electron chi connectivity index (χ2n) is 17.8. The maximum absolute atomic E-state index is 14.5. The molecule has 18 heteroatoms. The Labute approximate surface area is 383 Å². The second-order valence-corrected chi connectivity index (χ2v) is 17.8. The van der Waals surface area contributed by atoms with E-state index in [0.717, 1.165) is 74.7 Å². The molecule has 1 atom stereocenters.